The molecule has 7 heteroatoms. The predicted molar refractivity (Wildman–Crippen MR) is 85.3 cm³/mol. The lowest BCUT2D eigenvalue weighted by atomic mass is 10.2. The number of hydrogen-bond donors (Lipinski definition) is 1. The number of nitrogens with one attached hydrogen (secondary N) is 1. The molecule has 21 heavy (non-hydrogen) atoms. The molecule has 2 aromatic carbocycles. The van der Waals surface area contributed by atoms with E-state index in [1.807, 2.05) is 6.92 Å². The van der Waals surface area contributed by atoms with Gasteiger partial charge in [-0.05, 0) is 25.1 Å². The summed E-state index contributed by atoms with van der Waals surface area (Å²) < 4.78 is 24.1. The van der Waals surface area contributed by atoms with Gasteiger partial charge in [-0.25, -0.2) is 0 Å². The first-order valence-electron chi connectivity index (χ1n) is 5.97. The van der Waals surface area contributed by atoms with Crippen LogP contribution in [0.15, 0.2) is 58.5 Å². The lowest BCUT2D eigenvalue weighted by Crippen LogP contribution is -2.19. The van der Waals surface area contributed by atoms with Crippen LogP contribution in [-0.2, 0) is 10.0 Å². The molecule has 0 heterocycles. The summed E-state index contributed by atoms with van der Waals surface area (Å²) >= 11 is 11.9. The van der Waals surface area contributed by atoms with Crippen molar-refractivity contribution >= 4 is 38.4 Å². The van der Waals surface area contributed by atoms with Crippen LogP contribution in [0, 0.1) is 6.92 Å². The number of halogens is 2. The quantitative estimate of drug-likeness (QED) is 0.682. The fraction of sp³-hybridized carbons (Fsp3) is 0.0714. The first-order chi connectivity index (χ1) is 9.90. The highest BCUT2D eigenvalue weighted by atomic mass is 35.5. The van der Waals surface area contributed by atoms with Crippen molar-refractivity contribution in [2.45, 2.75) is 11.8 Å². The van der Waals surface area contributed by atoms with Gasteiger partial charge in [0, 0.05) is 5.56 Å². The zero-order valence-electron chi connectivity index (χ0n) is 11.0. The van der Waals surface area contributed by atoms with Crippen LogP contribution in [0.3, 0.4) is 0 Å². The topological polar surface area (TPSA) is 58.5 Å². The molecule has 2 aromatic rings. The summed E-state index contributed by atoms with van der Waals surface area (Å²) in [6.45, 7) is 1.87. The van der Waals surface area contributed by atoms with E-state index in [4.69, 9.17) is 23.2 Å². The molecule has 0 spiro atoms. The van der Waals surface area contributed by atoms with E-state index in [-0.39, 0.29) is 10.1 Å². The summed E-state index contributed by atoms with van der Waals surface area (Å²) in [5.74, 6) is 0. The number of benzene rings is 2. The molecule has 1 N–H and O–H groups in total. The molecule has 0 saturated heterocycles. The van der Waals surface area contributed by atoms with Crippen LogP contribution in [0.4, 0.5) is 0 Å². The molecule has 0 saturated carbocycles. The summed E-state index contributed by atoms with van der Waals surface area (Å²) in [6.07, 6.45) is 0. The van der Waals surface area contributed by atoms with E-state index >= 15 is 0 Å². The van der Waals surface area contributed by atoms with Crippen molar-refractivity contribution in [3.05, 3.63) is 64.7 Å². The number of rotatable bonds is 4. The molecule has 0 aromatic heterocycles. The van der Waals surface area contributed by atoms with Gasteiger partial charge in [0.15, 0.2) is 5.17 Å². The van der Waals surface area contributed by atoms with Crippen molar-refractivity contribution < 1.29 is 8.42 Å². The third kappa shape index (κ3) is 3.97. The Kier molecular flexibility index (Phi) is 4.88. The second-order valence-electron chi connectivity index (χ2n) is 4.29. The Labute approximate surface area is 133 Å². The molecular weight excluding hydrogens is 331 g/mol. The molecule has 0 aliphatic rings. The third-order valence-corrected chi connectivity index (χ3v) is 4.53. The van der Waals surface area contributed by atoms with E-state index in [0.717, 1.165) is 5.56 Å². The lowest BCUT2D eigenvalue weighted by molar-refractivity contribution is 0.584. The van der Waals surface area contributed by atoms with Crippen LogP contribution in [0.1, 0.15) is 11.1 Å². The average molecular weight is 343 g/mol. The molecule has 0 aliphatic heterocycles. The highest BCUT2D eigenvalue weighted by molar-refractivity contribution is 7.89. The maximum Gasteiger partial charge on any atom is 0.276 e. The van der Waals surface area contributed by atoms with E-state index in [1.165, 1.54) is 12.1 Å². The van der Waals surface area contributed by atoms with E-state index in [1.54, 1.807) is 36.4 Å². The largest absolute Gasteiger partial charge is 0.276 e. The fourth-order valence-electron chi connectivity index (χ4n) is 1.56. The second kappa shape index (κ2) is 6.47. The number of hydrogen-bond acceptors (Lipinski definition) is 3. The molecule has 0 atom stereocenters. The number of aryl methyl sites for hydroxylation is 1. The first-order valence-corrected chi connectivity index (χ1v) is 8.20. The first kappa shape index (κ1) is 15.8. The number of hydrazone groups is 1. The van der Waals surface area contributed by atoms with Gasteiger partial charge in [0.1, 0.15) is 0 Å². The highest BCUT2D eigenvalue weighted by Gasteiger charge is 2.13. The van der Waals surface area contributed by atoms with Crippen LogP contribution < -0.4 is 4.83 Å². The van der Waals surface area contributed by atoms with Gasteiger partial charge in [-0.3, -0.25) is 0 Å². The molecule has 4 nitrogen and oxygen atoms in total. The van der Waals surface area contributed by atoms with E-state index in [2.05, 4.69) is 9.93 Å². The lowest BCUT2D eigenvalue weighted by Gasteiger charge is -2.05. The van der Waals surface area contributed by atoms with Crippen LogP contribution in [-0.4, -0.2) is 13.6 Å². The molecule has 0 aliphatic carbocycles. The summed E-state index contributed by atoms with van der Waals surface area (Å²) in [5.41, 5.74) is 1.42. The summed E-state index contributed by atoms with van der Waals surface area (Å²) in [7, 11) is -3.76. The minimum atomic E-state index is -3.76. The van der Waals surface area contributed by atoms with Crippen molar-refractivity contribution in [1.29, 1.82) is 0 Å². The normalized spacial score (nSPS) is 12.2. The van der Waals surface area contributed by atoms with Crippen molar-refractivity contribution in [3.8, 4) is 0 Å². The number of nitrogens with zero attached hydrogens (tertiary/aromatic N) is 1. The standard InChI is InChI=1S/C14H12Cl2N2O2S/c1-10-6-8-11(9-7-10)21(19,20)18-17-14(16)12-4-2-3-5-13(12)15/h2-9,18H,1H3/b17-14-. The van der Waals surface area contributed by atoms with Crippen molar-refractivity contribution in [2.24, 2.45) is 5.10 Å². The molecule has 0 unspecified atom stereocenters. The Morgan fingerprint density at radius 1 is 1.10 bits per heavy atom. The molecule has 0 bridgehead atoms. The minimum absolute atomic E-state index is 0.0312. The van der Waals surface area contributed by atoms with E-state index < -0.39 is 10.0 Å². The second-order valence-corrected chi connectivity index (χ2v) is 6.72. The van der Waals surface area contributed by atoms with Crippen molar-refractivity contribution in [2.75, 3.05) is 0 Å². The van der Waals surface area contributed by atoms with Gasteiger partial charge in [0.05, 0.1) is 9.92 Å². The van der Waals surface area contributed by atoms with Gasteiger partial charge in [0.25, 0.3) is 10.0 Å². The predicted octanol–water partition coefficient (Wildman–Crippen LogP) is 3.53. The van der Waals surface area contributed by atoms with Crippen LogP contribution in [0.2, 0.25) is 5.02 Å². The Bertz CT molecular complexity index is 772. The summed E-state index contributed by atoms with van der Waals surface area (Å²) in [6, 6.07) is 13.2. The molecule has 110 valence electrons. The Morgan fingerprint density at radius 2 is 1.71 bits per heavy atom. The smallest absolute Gasteiger partial charge is 0.200 e. The van der Waals surface area contributed by atoms with Crippen molar-refractivity contribution in [3.63, 3.8) is 0 Å². The zero-order valence-corrected chi connectivity index (χ0v) is 13.4. The molecule has 0 amide bonds. The van der Waals surface area contributed by atoms with Crippen LogP contribution in [0.25, 0.3) is 0 Å². The Morgan fingerprint density at radius 3 is 2.33 bits per heavy atom. The molecular formula is C14H12Cl2N2O2S. The maximum absolute atomic E-state index is 12.1. The fourth-order valence-corrected chi connectivity index (χ4v) is 2.90. The van der Waals surface area contributed by atoms with Gasteiger partial charge in [-0.15, -0.1) is 0 Å². The Hall–Kier alpha value is -1.56. The summed E-state index contributed by atoms with van der Waals surface area (Å²) in [5, 5.41) is 4.04. The third-order valence-electron chi connectivity index (χ3n) is 2.69. The van der Waals surface area contributed by atoms with E-state index in [9.17, 15) is 8.42 Å². The maximum atomic E-state index is 12.1. The van der Waals surface area contributed by atoms with Gasteiger partial charge in [0.2, 0.25) is 0 Å². The SMILES string of the molecule is Cc1ccc(S(=O)(=O)N/N=C(\Cl)c2ccccc2Cl)cc1. The zero-order chi connectivity index (χ0) is 15.5. The van der Waals surface area contributed by atoms with Gasteiger partial charge >= 0.3 is 0 Å². The summed E-state index contributed by atoms with van der Waals surface area (Å²) in [4.78, 5) is 2.20. The van der Waals surface area contributed by atoms with Gasteiger partial charge < -0.3 is 0 Å². The molecule has 0 radical (unpaired) electrons. The van der Waals surface area contributed by atoms with Gasteiger partial charge in [-0.2, -0.15) is 18.4 Å². The number of sulfonamides is 1. The molecule has 2 rings (SSSR count). The monoisotopic (exact) mass is 342 g/mol. The van der Waals surface area contributed by atoms with Gasteiger partial charge in [-0.1, -0.05) is 59.1 Å². The van der Waals surface area contributed by atoms with Crippen LogP contribution >= 0.6 is 23.2 Å². The Balaban J connectivity index is 2.23. The van der Waals surface area contributed by atoms with Crippen LogP contribution in [0.5, 0.6) is 0 Å². The average Bonchev–Trinajstić information content (AvgIpc) is 2.46. The highest BCUT2D eigenvalue weighted by Crippen LogP contribution is 2.18. The van der Waals surface area contributed by atoms with Crippen molar-refractivity contribution in [1.82, 2.24) is 4.83 Å². The minimum Gasteiger partial charge on any atom is -0.200 e. The van der Waals surface area contributed by atoms with E-state index in [0.29, 0.717) is 10.6 Å². The molecule has 0 fully saturated rings.